The number of benzene rings is 2. The van der Waals surface area contributed by atoms with Crippen molar-refractivity contribution in [3.05, 3.63) is 52.8 Å². The lowest BCUT2D eigenvalue weighted by atomic mass is 9.81. The lowest BCUT2D eigenvalue weighted by molar-refractivity contribution is -0.183. The van der Waals surface area contributed by atoms with E-state index in [-0.39, 0.29) is 65.9 Å². The minimum absolute atomic E-state index is 0.0102. The van der Waals surface area contributed by atoms with E-state index in [0.29, 0.717) is 12.8 Å². The molecule has 0 bridgehead atoms. The van der Waals surface area contributed by atoms with Crippen LogP contribution in [-0.2, 0) is 18.4 Å². The van der Waals surface area contributed by atoms with Crippen LogP contribution in [0, 0.1) is 34.7 Å². The molecule has 1 aliphatic carbocycles. The standard InChI is InChI=1S/C29H33F6N5O2/c1-28(2,3)26(42)37-14-16-7-10-19(30)24(23(16)32)39-27-38-21-11-18(20(31)12-22(21)40(27)4)25(41)36-13-15-5-8-17(9-6-15)29(33,34)35/h7,10-12,15,17H,5-6,8-9,13-14H2,1-4H3,(H,36,41)(H,37,42)(H,38,39). The number of nitrogens with zero attached hydrogens (tertiary/aromatic N) is 2. The van der Waals surface area contributed by atoms with Crippen molar-refractivity contribution in [3.63, 3.8) is 0 Å². The van der Waals surface area contributed by atoms with Crippen LogP contribution < -0.4 is 16.0 Å². The fraction of sp³-hybridized carbons (Fsp3) is 0.483. The maximum Gasteiger partial charge on any atom is 0.391 e. The van der Waals surface area contributed by atoms with E-state index in [0.717, 1.165) is 12.1 Å². The fourth-order valence-electron chi connectivity index (χ4n) is 4.92. The molecule has 7 nitrogen and oxygen atoms in total. The summed E-state index contributed by atoms with van der Waals surface area (Å²) in [7, 11) is 1.50. The first-order chi connectivity index (χ1) is 19.6. The monoisotopic (exact) mass is 597 g/mol. The summed E-state index contributed by atoms with van der Waals surface area (Å²) in [5.41, 5.74) is -1.09. The van der Waals surface area contributed by atoms with Crippen LogP contribution in [0.1, 0.15) is 62.4 Å². The van der Waals surface area contributed by atoms with Crippen molar-refractivity contribution in [2.75, 3.05) is 11.9 Å². The lowest BCUT2D eigenvalue weighted by Gasteiger charge is -2.29. The topological polar surface area (TPSA) is 88.1 Å². The Morgan fingerprint density at radius 1 is 0.976 bits per heavy atom. The lowest BCUT2D eigenvalue weighted by Crippen LogP contribution is -2.34. The van der Waals surface area contributed by atoms with Crippen molar-refractivity contribution >= 4 is 34.5 Å². The van der Waals surface area contributed by atoms with E-state index >= 15 is 4.39 Å². The van der Waals surface area contributed by atoms with Gasteiger partial charge in [0.2, 0.25) is 11.9 Å². The van der Waals surface area contributed by atoms with Crippen molar-refractivity contribution < 1.29 is 35.9 Å². The Hall–Kier alpha value is -3.77. The largest absolute Gasteiger partial charge is 0.391 e. The molecule has 3 aromatic rings. The number of alkyl halides is 3. The highest BCUT2D eigenvalue weighted by Crippen LogP contribution is 2.39. The molecule has 0 unspecified atom stereocenters. The Morgan fingerprint density at radius 3 is 2.26 bits per heavy atom. The van der Waals surface area contributed by atoms with Crippen LogP contribution in [0.5, 0.6) is 0 Å². The first-order valence-corrected chi connectivity index (χ1v) is 13.6. The van der Waals surface area contributed by atoms with Crippen LogP contribution in [-0.4, -0.2) is 34.1 Å². The zero-order valence-electron chi connectivity index (χ0n) is 23.7. The van der Waals surface area contributed by atoms with Crippen LogP contribution in [0.25, 0.3) is 11.0 Å². The van der Waals surface area contributed by atoms with Crippen molar-refractivity contribution in [1.29, 1.82) is 0 Å². The number of imidazole rings is 1. The van der Waals surface area contributed by atoms with Gasteiger partial charge in [0.1, 0.15) is 17.3 Å². The van der Waals surface area contributed by atoms with E-state index in [9.17, 15) is 31.5 Å². The van der Waals surface area contributed by atoms with E-state index in [1.54, 1.807) is 20.8 Å². The number of aryl methyl sites for hydroxylation is 1. The molecule has 1 saturated carbocycles. The second kappa shape index (κ2) is 11.8. The Labute approximate surface area is 239 Å². The molecular formula is C29H33F6N5O2. The van der Waals surface area contributed by atoms with Crippen LogP contribution in [0.3, 0.4) is 0 Å². The van der Waals surface area contributed by atoms with Crippen molar-refractivity contribution in [2.45, 2.75) is 59.2 Å². The summed E-state index contributed by atoms with van der Waals surface area (Å²) in [5, 5.41) is 7.80. The number of nitrogens with one attached hydrogen (secondary N) is 3. The maximum atomic E-state index is 15.2. The predicted molar refractivity (Wildman–Crippen MR) is 145 cm³/mol. The van der Waals surface area contributed by atoms with Gasteiger partial charge in [0.25, 0.3) is 5.91 Å². The summed E-state index contributed by atoms with van der Waals surface area (Å²) in [5.74, 6) is -5.28. The number of carbonyl (C=O) groups is 2. The van der Waals surface area contributed by atoms with E-state index in [1.165, 1.54) is 23.7 Å². The van der Waals surface area contributed by atoms with E-state index in [1.807, 2.05) is 0 Å². The quantitative estimate of drug-likeness (QED) is 0.272. The third-order valence-electron chi connectivity index (χ3n) is 7.60. The third-order valence-corrected chi connectivity index (χ3v) is 7.60. The number of carbonyl (C=O) groups excluding carboxylic acids is 2. The highest BCUT2D eigenvalue weighted by atomic mass is 19.4. The van der Waals surface area contributed by atoms with Crippen molar-refractivity contribution in [2.24, 2.45) is 24.3 Å². The molecule has 2 amide bonds. The van der Waals surface area contributed by atoms with Crippen molar-refractivity contribution in [3.8, 4) is 0 Å². The molecule has 0 aliphatic heterocycles. The van der Waals surface area contributed by atoms with Crippen LogP contribution in [0.4, 0.5) is 38.0 Å². The minimum Gasteiger partial charge on any atom is -0.352 e. The SMILES string of the molecule is Cn1c(Nc2c(F)ccc(CNC(=O)C(C)(C)C)c2F)nc2cc(C(=O)NCC3CCC(C(F)(F)F)CC3)c(F)cc21. The molecule has 13 heteroatoms. The number of amides is 2. The molecule has 228 valence electrons. The molecule has 4 rings (SSSR count). The highest BCUT2D eigenvalue weighted by Gasteiger charge is 2.41. The molecule has 1 heterocycles. The molecule has 42 heavy (non-hydrogen) atoms. The van der Waals surface area contributed by atoms with Crippen LogP contribution in [0.2, 0.25) is 0 Å². The fourth-order valence-corrected chi connectivity index (χ4v) is 4.92. The zero-order valence-corrected chi connectivity index (χ0v) is 23.7. The summed E-state index contributed by atoms with van der Waals surface area (Å²) in [6, 6.07) is 4.54. The zero-order chi connectivity index (χ0) is 31.0. The number of fused-ring (bicyclic) bond motifs is 1. The second-order valence-electron chi connectivity index (χ2n) is 11.7. The summed E-state index contributed by atoms with van der Waals surface area (Å²) in [4.78, 5) is 29.2. The molecule has 1 aliphatic rings. The summed E-state index contributed by atoms with van der Waals surface area (Å²) in [6.45, 7) is 5.04. The molecule has 0 spiro atoms. The van der Waals surface area contributed by atoms with Gasteiger partial charge in [-0.1, -0.05) is 26.8 Å². The summed E-state index contributed by atoms with van der Waals surface area (Å²) in [6.07, 6.45) is -3.64. The molecule has 3 N–H and O–H groups in total. The van der Waals surface area contributed by atoms with E-state index < -0.39 is 46.6 Å². The van der Waals surface area contributed by atoms with Gasteiger partial charge in [-0.05, 0) is 43.7 Å². The number of anilines is 2. The average Bonchev–Trinajstić information content (AvgIpc) is 3.21. The van der Waals surface area contributed by atoms with Crippen LogP contribution >= 0.6 is 0 Å². The Balaban J connectivity index is 1.48. The van der Waals surface area contributed by atoms with Gasteiger partial charge < -0.3 is 20.5 Å². The van der Waals surface area contributed by atoms with Gasteiger partial charge in [-0.15, -0.1) is 0 Å². The number of aromatic nitrogens is 2. The predicted octanol–water partition coefficient (Wildman–Crippen LogP) is 6.50. The Morgan fingerprint density at radius 2 is 1.64 bits per heavy atom. The van der Waals surface area contributed by atoms with Crippen LogP contribution in [0.15, 0.2) is 24.3 Å². The first-order valence-electron chi connectivity index (χ1n) is 13.6. The second-order valence-corrected chi connectivity index (χ2v) is 11.7. The first kappa shape index (κ1) is 31.2. The number of rotatable bonds is 7. The normalized spacial score (nSPS) is 17.8. The molecule has 0 saturated heterocycles. The highest BCUT2D eigenvalue weighted by molar-refractivity contribution is 5.98. The van der Waals surface area contributed by atoms with Gasteiger partial charge in [-0.25, -0.2) is 18.2 Å². The average molecular weight is 598 g/mol. The van der Waals surface area contributed by atoms with E-state index in [4.69, 9.17) is 0 Å². The number of hydrogen-bond donors (Lipinski definition) is 3. The molecule has 1 fully saturated rings. The van der Waals surface area contributed by atoms with Gasteiger partial charge in [0.15, 0.2) is 5.82 Å². The van der Waals surface area contributed by atoms with Crippen molar-refractivity contribution in [1.82, 2.24) is 20.2 Å². The summed E-state index contributed by atoms with van der Waals surface area (Å²) < 4.78 is 84.9. The molecular weight excluding hydrogens is 564 g/mol. The van der Waals surface area contributed by atoms with Gasteiger partial charge >= 0.3 is 6.18 Å². The molecule has 0 radical (unpaired) electrons. The maximum absolute atomic E-state index is 15.2. The van der Waals surface area contributed by atoms with Gasteiger partial charge in [-0.2, -0.15) is 13.2 Å². The number of halogens is 6. The van der Waals surface area contributed by atoms with E-state index in [2.05, 4.69) is 20.9 Å². The molecule has 2 aromatic carbocycles. The molecule has 1 aromatic heterocycles. The third kappa shape index (κ3) is 6.81. The van der Waals surface area contributed by atoms with Gasteiger partial charge in [-0.3, -0.25) is 9.59 Å². The Kier molecular flexibility index (Phi) is 8.79. The van der Waals surface area contributed by atoms with Gasteiger partial charge in [0.05, 0.1) is 22.5 Å². The minimum atomic E-state index is -4.23. The smallest absolute Gasteiger partial charge is 0.352 e. The Bertz CT molecular complexity index is 1490. The van der Waals surface area contributed by atoms with Gasteiger partial charge in [0, 0.05) is 37.2 Å². The molecule has 0 atom stereocenters. The number of hydrogen-bond acceptors (Lipinski definition) is 4. The summed E-state index contributed by atoms with van der Waals surface area (Å²) >= 11 is 0.